The number of carboxylic acid groups (broad SMARTS) is 1. The van der Waals surface area contributed by atoms with Crippen LogP contribution in [0, 0.1) is 11.3 Å². The first-order valence-electron chi connectivity index (χ1n) is 8.01. The molecule has 1 atom stereocenters. The summed E-state index contributed by atoms with van der Waals surface area (Å²) >= 11 is 0. The van der Waals surface area contributed by atoms with E-state index in [9.17, 15) is 14.7 Å². The Hall–Kier alpha value is -1.84. The molecule has 0 spiro atoms. The molecule has 0 saturated heterocycles. The number of carboxylic acids is 1. The van der Waals surface area contributed by atoms with Crippen molar-refractivity contribution >= 4 is 11.9 Å². The normalized spacial score (nSPS) is 17.6. The summed E-state index contributed by atoms with van der Waals surface area (Å²) in [6.45, 7) is 4.24. The predicted octanol–water partition coefficient (Wildman–Crippen LogP) is 3.54. The van der Waals surface area contributed by atoms with Gasteiger partial charge in [0.15, 0.2) is 0 Å². The lowest BCUT2D eigenvalue weighted by Gasteiger charge is -2.37. The van der Waals surface area contributed by atoms with Gasteiger partial charge in [-0.1, -0.05) is 50.6 Å². The van der Waals surface area contributed by atoms with Crippen molar-refractivity contribution in [2.75, 3.05) is 0 Å². The van der Waals surface area contributed by atoms with E-state index in [0.717, 1.165) is 18.4 Å². The molecule has 0 heterocycles. The molecular weight excluding hydrogens is 278 g/mol. The Labute approximate surface area is 131 Å². The number of benzene rings is 1. The fourth-order valence-electron chi connectivity index (χ4n) is 3.06. The van der Waals surface area contributed by atoms with Crippen molar-refractivity contribution in [1.29, 1.82) is 0 Å². The van der Waals surface area contributed by atoms with Gasteiger partial charge in [-0.25, -0.2) is 0 Å². The van der Waals surface area contributed by atoms with Crippen LogP contribution in [0.15, 0.2) is 30.3 Å². The predicted molar refractivity (Wildman–Crippen MR) is 85.3 cm³/mol. The maximum atomic E-state index is 12.3. The van der Waals surface area contributed by atoms with Crippen molar-refractivity contribution < 1.29 is 14.7 Å². The first-order valence-corrected chi connectivity index (χ1v) is 8.01. The minimum absolute atomic E-state index is 0.0559. The van der Waals surface area contributed by atoms with Crippen LogP contribution in [0.3, 0.4) is 0 Å². The van der Waals surface area contributed by atoms with Gasteiger partial charge in [0, 0.05) is 6.42 Å². The van der Waals surface area contributed by atoms with Crippen molar-refractivity contribution in [3.63, 3.8) is 0 Å². The molecule has 1 aromatic rings. The lowest BCUT2D eigenvalue weighted by Crippen LogP contribution is -2.43. The molecule has 2 rings (SSSR count). The number of amides is 1. The molecule has 0 aliphatic heterocycles. The molecule has 0 radical (unpaired) electrons. The zero-order valence-electron chi connectivity index (χ0n) is 13.3. The summed E-state index contributed by atoms with van der Waals surface area (Å²) in [5.41, 5.74) is 0.242. The Morgan fingerprint density at radius 3 is 2.32 bits per heavy atom. The molecule has 1 aliphatic carbocycles. The molecule has 1 fully saturated rings. The first-order chi connectivity index (χ1) is 10.4. The lowest BCUT2D eigenvalue weighted by molar-refractivity contribution is -0.157. The smallest absolute Gasteiger partial charge is 0.310 e. The lowest BCUT2D eigenvalue weighted by atomic mass is 9.66. The molecule has 120 valence electrons. The Morgan fingerprint density at radius 2 is 1.86 bits per heavy atom. The summed E-state index contributed by atoms with van der Waals surface area (Å²) < 4.78 is 0. The van der Waals surface area contributed by atoms with Gasteiger partial charge in [0.1, 0.15) is 0 Å². The third kappa shape index (κ3) is 3.87. The number of aliphatic carboxylic acids is 1. The second kappa shape index (κ2) is 6.95. The van der Waals surface area contributed by atoms with Gasteiger partial charge >= 0.3 is 5.97 Å². The van der Waals surface area contributed by atoms with Gasteiger partial charge < -0.3 is 10.4 Å². The van der Waals surface area contributed by atoms with Crippen LogP contribution in [0.25, 0.3) is 0 Å². The molecule has 1 aliphatic rings. The van der Waals surface area contributed by atoms with Gasteiger partial charge in [-0.3, -0.25) is 9.59 Å². The van der Waals surface area contributed by atoms with Crippen LogP contribution in [-0.4, -0.2) is 17.0 Å². The molecule has 4 nitrogen and oxygen atoms in total. The first kappa shape index (κ1) is 16.5. The van der Waals surface area contributed by atoms with Gasteiger partial charge in [-0.15, -0.1) is 0 Å². The molecule has 22 heavy (non-hydrogen) atoms. The molecule has 0 aromatic heterocycles. The Balaban J connectivity index is 2.04. The van der Waals surface area contributed by atoms with Gasteiger partial charge in [-0.2, -0.15) is 0 Å². The van der Waals surface area contributed by atoms with Crippen molar-refractivity contribution in [2.45, 2.75) is 52.0 Å². The quantitative estimate of drug-likeness (QED) is 0.809. The molecule has 1 aromatic carbocycles. The van der Waals surface area contributed by atoms with E-state index < -0.39 is 11.4 Å². The van der Waals surface area contributed by atoms with Crippen molar-refractivity contribution in [3.05, 3.63) is 35.9 Å². The highest BCUT2D eigenvalue weighted by atomic mass is 16.4. The average molecular weight is 303 g/mol. The van der Waals surface area contributed by atoms with Crippen molar-refractivity contribution in [2.24, 2.45) is 11.3 Å². The highest BCUT2D eigenvalue weighted by molar-refractivity contribution is 5.85. The minimum atomic E-state index is -0.839. The SMILES string of the molecule is CC(C)CC(NC(=O)CC1(C(=O)O)CCC1)c1ccccc1. The fraction of sp³-hybridized carbons (Fsp3) is 0.556. The molecule has 4 heteroatoms. The molecule has 0 bridgehead atoms. The Bertz CT molecular complexity index is 520. The van der Waals surface area contributed by atoms with E-state index in [4.69, 9.17) is 0 Å². The maximum absolute atomic E-state index is 12.3. The van der Waals surface area contributed by atoms with E-state index in [1.807, 2.05) is 30.3 Å². The summed E-state index contributed by atoms with van der Waals surface area (Å²) in [7, 11) is 0. The summed E-state index contributed by atoms with van der Waals surface area (Å²) in [5, 5.41) is 12.4. The standard InChI is InChI=1S/C18H25NO3/c1-13(2)11-15(14-7-4-3-5-8-14)19-16(20)12-18(17(21)22)9-6-10-18/h3-5,7-8,13,15H,6,9-12H2,1-2H3,(H,19,20)(H,21,22). The molecule has 1 saturated carbocycles. The largest absolute Gasteiger partial charge is 0.481 e. The van der Waals surface area contributed by atoms with Gasteiger partial charge in [0.2, 0.25) is 5.91 Å². The number of carbonyl (C=O) groups excluding carboxylic acids is 1. The second-order valence-electron chi connectivity index (χ2n) is 6.78. The molecule has 1 unspecified atom stereocenters. The molecule has 1 amide bonds. The van der Waals surface area contributed by atoms with E-state index in [1.165, 1.54) is 0 Å². The van der Waals surface area contributed by atoms with Crippen molar-refractivity contribution in [3.8, 4) is 0 Å². The van der Waals surface area contributed by atoms with Crippen LogP contribution in [0.2, 0.25) is 0 Å². The summed E-state index contributed by atoms with van der Waals surface area (Å²) in [4.78, 5) is 23.7. The maximum Gasteiger partial charge on any atom is 0.310 e. The van der Waals surface area contributed by atoms with Gasteiger partial charge in [0.25, 0.3) is 0 Å². The van der Waals surface area contributed by atoms with Gasteiger partial charge in [0.05, 0.1) is 11.5 Å². The second-order valence-corrected chi connectivity index (χ2v) is 6.78. The van der Waals surface area contributed by atoms with E-state index in [-0.39, 0.29) is 18.4 Å². The number of nitrogens with one attached hydrogen (secondary N) is 1. The molecule has 2 N–H and O–H groups in total. The van der Waals surface area contributed by atoms with Crippen LogP contribution in [0.5, 0.6) is 0 Å². The number of rotatable bonds is 7. The van der Waals surface area contributed by atoms with Crippen LogP contribution in [0.4, 0.5) is 0 Å². The van der Waals surface area contributed by atoms with E-state index in [1.54, 1.807) is 0 Å². The zero-order valence-corrected chi connectivity index (χ0v) is 13.3. The Morgan fingerprint density at radius 1 is 1.23 bits per heavy atom. The van der Waals surface area contributed by atoms with E-state index in [0.29, 0.717) is 18.8 Å². The van der Waals surface area contributed by atoms with E-state index >= 15 is 0 Å². The minimum Gasteiger partial charge on any atom is -0.481 e. The average Bonchev–Trinajstić information content (AvgIpc) is 2.42. The van der Waals surface area contributed by atoms with Crippen LogP contribution in [0.1, 0.15) is 57.6 Å². The van der Waals surface area contributed by atoms with Gasteiger partial charge in [-0.05, 0) is 30.7 Å². The summed E-state index contributed by atoms with van der Waals surface area (Å²) in [6, 6.07) is 9.82. The monoisotopic (exact) mass is 303 g/mol. The van der Waals surface area contributed by atoms with Crippen LogP contribution in [-0.2, 0) is 9.59 Å². The van der Waals surface area contributed by atoms with Crippen LogP contribution < -0.4 is 5.32 Å². The number of hydrogen-bond donors (Lipinski definition) is 2. The highest BCUT2D eigenvalue weighted by Crippen LogP contribution is 2.44. The molecular formula is C18H25NO3. The number of hydrogen-bond acceptors (Lipinski definition) is 2. The topological polar surface area (TPSA) is 66.4 Å². The zero-order chi connectivity index (χ0) is 16.2. The summed E-state index contributed by atoms with van der Waals surface area (Å²) in [5.74, 6) is -0.548. The van der Waals surface area contributed by atoms with Crippen LogP contribution >= 0.6 is 0 Å². The van der Waals surface area contributed by atoms with Crippen molar-refractivity contribution in [1.82, 2.24) is 5.32 Å². The number of carbonyl (C=O) groups is 2. The Kier molecular flexibility index (Phi) is 5.22. The third-order valence-electron chi connectivity index (χ3n) is 4.51. The highest BCUT2D eigenvalue weighted by Gasteiger charge is 2.46. The summed E-state index contributed by atoms with van der Waals surface area (Å²) in [6.07, 6.45) is 3.04. The fourth-order valence-corrected chi connectivity index (χ4v) is 3.06. The third-order valence-corrected chi connectivity index (χ3v) is 4.51. The van der Waals surface area contributed by atoms with E-state index in [2.05, 4.69) is 19.2 Å².